The zero-order valence-electron chi connectivity index (χ0n) is 8.06. The van der Waals surface area contributed by atoms with Gasteiger partial charge in [-0.3, -0.25) is 4.90 Å². The third kappa shape index (κ3) is 4.81. The van der Waals surface area contributed by atoms with Gasteiger partial charge in [-0.1, -0.05) is 0 Å². The Labute approximate surface area is 81.7 Å². The molecule has 0 amide bonds. The summed E-state index contributed by atoms with van der Waals surface area (Å²) in [4.78, 5) is 1.48. The van der Waals surface area contributed by atoms with Crippen molar-refractivity contribution in [3.63, 3.8) is 0 Å². The molecule has 1 rings (SSSR count). The zero-order chi connectivity index (χ0) is 10.6. The second-order valence-corrected chi connectivity index (χ2v) is 3.75. The Bertz CT molecular complexity index is 168. The number of halogens is 3. The van der Waals surface area contributed by atoms with Crippen LogP contribution in [-0.2, 0) is 0 Å². The number of aliphatic hydroxyl groups is 1. The summed E-state index contributed by atoms with van der Waals surface area (Å²) in [6, 6.07) is 0.135. The summed E-state index contributed by atoms with van der Waals surface area (Å²) in [5.41, 5.74) is 0. The van der Waals surface area contributed by atoms with Gasteiger partial charge in [0.2, 0.25) is 0 Å². The maximum Gasteiger partial charge on any atom is 0.401 e. The molecule has 0 radical (unpaired) electrons. The Morgan fingerprint density at radius 3 is 2.29 bits per heavy atom. The predicted octanol–water partition coefficient (Wildman–Crippen LogP) is 1.79. The van der Waals surface area contributed by atoms with Crippen molar-refractivity contribution >= 4 is 0 Å². The summed E-state index contributed by atoms with van der Waals surface area (Å²) in [7, 11) is 0. The van der Waals surface area contributed by atoms with Gasteiger partial charge in [0.25, 0.3) is 0 Å². The number of aliphatic hydroxyl groups excluding tert-OH is 1. The number of hydrogen-bond acceptors (Lipinski definition) is 2. The maximum absolute atomic E-state index is 12.1. The van der Waals surface area contributed by atoms with Crippen LogP contribution in [0.25, 0.3) is 0 Å². The molecule has 1 aliphatic carbocycles. The number of hydrogen-bond donors (Lipinski definition) is 1. The molecule has 0 spiro atoms. The molecule has 1 N–H and O–H groups in total. The minimum absolute atomic E-state index is 0.0600. The van der Waals surface area contributed by atoms with Crippen LogP contribution in [0.15, 0.2) is 0 Å². The van der Waals surface area contributed by atoms with Gasteiger partial charge >= 0.3 is 6.18 Å². The third-order valence-corrected chi connectivity index (χ3v) is 2.30. The molecule has 0 aromatic rings. The third-order valence-electron chi connectivity index (χ3n) is 2.30. The van der Waals surface area contributed by atoms with E-state index in [1.165, 1.54) is 4.90 Å². The van der Waals surface area contributed by atoms with Crippen molar-refractivity contribution < 1.29 is 18.3 Å². The molecular formula is C9H16F3NO. The molecule has 0 aromatic carbocycles. The van der Waals surface area contributed by atoms with Crippen LogP contribution >= 0.6 is 0 Å². The van der Waals surface area contributed by atoms with Crippen LogP contribution in [0.1, 0.15) is 25.7 Å². The summed E-state index contributed by atoms with van der Waals surface area (Å²) in [5, 5.41) is 8.53. The SMILES string of the molecule is OCCCCN(CC(F)(F)F)C1CC1. The highest BCUT2D eigenvalue weighted by Gasteiger charge is 2.37. The molecule has 84 valence electrons. The standard InChI is InChI=1S/C9H16F3NO/c10-9(11,12)7-13(8-3-4-8)5-1-2-6-14/h8,14H,1-7H2. The van der Waals surface area contributed by atoms with Gasteiger partial charge < -0.3 is 5.11 Å². The molecule has 0 atom stereocenters. The second kappa shape index (κ2) is 4.98. The molecular weight excluding hydrogens is 195 g/mol. The van der Waals surface area contributed by atoms with Gasteiger partial charge in [0.15, 0.2) is 0 Å². The summed E-state index contributed by atoms with van der Waals surface area (Å²) in [5.74, 6) is 0. The molecule has 0 bridgehead atoms. The fraction of sp³-hybridized carbons (Fsp3) is 1.00. The van der Waals surface area contributed by atoms with Crippen molar-refractivity contribution in [3.8, 4) is 0 Å². The van der Waals surface area contributed by atoms with Crippen molar-refractivity contribution in [2.75, 3.05) is 19.7 Å². The minimum atomic E-state index is -4.10. The van der Waals surface area contributed by atoms with Crippen LogP contribution in [0.3, 0.4) is 0 Å². The first-order valence-electron chi connectivity index (χ1n) is 4.94. The first-order valence-corrected chi connectivity index (χ1v) is 4.94. The summed E-state index contributed by atoms with van der Waals surface area (Å²) < 4.78 is 36.3. The highest BCUT2D eigenvalue weighted by molar-refractivity contribution is 4.85. The number of rotatable bonds is 6. The Hall–Kier alpha value is -0.290. The second-order valence-electron chi connectivity index (χ2n) is 3.75. The topological polar surface area (TPSA) is 23.5 Å². The van der Waals surface area contributed by atoms with Gasteiger partial charge in [0.1, 0.15) is 0 Å². The quantitative estimate of drug-likeness (QED) is 0.677. The van der Waals surface area contributed by atoms with Crippen LogP contribution in [0.2, 0.25) is 0 Å². The van der Waals surface area contributed by atoms with E-state index in [0.29, 0.717) is 19.4 Å². The van der Waals surface area contributed by atoms with Crippen LogP contribution in [0, 0.1) is 0 Å². The molecule has 0 unspecified atom stereocenters. The lowest BCUT2D eigenvalue weighted by molar-refractivity contribution is -0.147. The minimum Gasteiger partial charge on any atom is -0.396 e. The van der Waals surface area contributed by atoms with Crippen molar-refractivity contribution in [2.45, 2.75) is 37.9 Å². The first kappa shape index (κ1) is 11.8. The molecule has 0 aromatic heterocycles. The summed E-state index contributed by atoms with van der Waals surface area (Å²) in [6.07, 6.45) is -1.10. The fourth-order valence-corrected chi connectivity index (χ4v) is 1.49. The lowest BCUT2D eigenvalue weighted by Gasteiger charge is -2.22. The molecule has 2 nitrogen and oxygen atoms in total. The van der Waals surface area contributed by atoms with Crippen molar-refractivity contribution in [2.24, 2.45) is 0 Å². The zero-order valence-corrected chi connectivity index (χ0v) is 8.06. The van der Waals surface area contributed by atoms with Crippen molar-refractivity contribution in [3.05, 3.63) is 0 Å². The number of unbranched alkanes of at least 4 members (excludes halogenated alkanes) is 1. The normalized spacial score (nSPS) is 17.8. The Morgan fingerprint density at radius 2 is 1.86 bits per heavy atom. The van der Waals surface area contributed by atoms with E-state index in [1.54, 1.807) is 0 Å². The van der Waals surface area contributed by atoms with E-state index in [0.717, 1.165) is 12.8 Å². The molecule has 1 aliphatic rings. The maximum atomic E-state index is 12.1. The molecule has 5 heteroatoms. The van der Waals surface area contributed by atoms with Crippen LogP contribution < -0.4 is 0 Å². The molecule has 1 saturated carbocycles. The van der Waals surface area contributed by atoms with Gasteiger partial charge in [0.05, 0.1) is 6.54 Å². The highest BCUT2D eigenvalue weighted by atomic mass is 19.4. The van der Waals surface area contributed by atoms with Crippen molar-refractivity contribution in [1.29, 1.82) is 0 Å². The van der Waals surface area contributed by atoms with Crippen LogP contribution in [-0.4, -0.2) is 41.9 Å². The average Bonchev–Trinajstić information content (AvgIpc) is 2.83. The predicted molar refractivity (Wildman–Crippen MR) is 47.0 cm³/mol. The monoisotopic (exact) mass is 211 g/mol. The molecule has 0 heterocycles. The molecule has 0 saturated heterocycles. The van der Waals surface area contributed by atoms with E-state index in [1.807, 2.05) is 0 Å². The number of nitrogens with zero attached hydrogens (tertiary/aromatic N) is 1. The van der Waals surface area contributed by atoms with Crippen LogP contribution in [0.5, 0.6) is 0 Å². The highest BCUT2D eigenvalue weighted by Crippen LogP contribution is 2.30. The molecule has 14 heavy (non-hydrogen) atoms. The summed E-state index contributed by atoms with van der Waals surface area (Å²) >= 11 is 0. The Balaban J connectivity index is 2.24. The first-order chi connectivity index (χ1) is 6.53. The van der Waals surface area contributed by atoms with Gasteiger partial charge in [-0.2, -0.15) is 13.2 Å². The Kier molecular flexibility index (Phi) is 4.19. The largest absolute Gasteiger partial charge is 0.401 e. The van der Waals surface area contributed by atoms with Crippen LogP contribution in [0.4, 0.5) is 13.2 Å². The molecule has 0 aliphatic heterocycles. The number of alkyl halides is 3. The van der Waals surface area contributed by atoms with Gasteiger partial charge in [-0.15, -0.1) is 0 Å². The van der Waals surface area contributed by atoms with E-state index in [-0.39, 0.29) is 12.6 Å². The van der Waals surface area contributed by atoms with E-state index in [2.05, 4.69) is 0 Å². The van der Waals surface area contributed by atoms with E-state index < -0.39 is 12.7 Å². The van der Waals surface area contributed by atoms with E-state index >= 15 is 0 Å². The summed E-state index contributed by atoms with van der Waals surface area (Å²) in [6.45, 7) is -0.293. The van der Waals surface area contributed by atoms with Crippen molar-refractivity contribution in [1.82, 2.24) is 4.90 Å². The van der Waals surface area contributed by atoms with E-state index in [4.69, 9.17) is 5.11 Å². The van der Waals surface area contributed by atoms with Gasteiger partial charge in [-0.25, -0.2) is 0 Å². The fourth-order valence-electron chi connectivity index (χ4n) is 1.49. The van der Waals surface area contributed by atoms with E-state index in [9.17, 15) is 13.2 Å². The Morgan fingerprint density at radius 1 is 1.21 bits per heavy atom. The molecule has 1 fully saturated rings. The lowest BCUT2D eigenvalue weighted by Crippen LogP contribution is -2.36. The van der Waals surface area contributed by atoms with Gasteiger partial charge in [0, 0.05) is 12.6 Å². The van der Waals surface area contributed by atoms with Gasteiger partial charge in [-0.05, 0) is 32.2 Å². The lowest BCUT2D eigenvalue weighted by atomic mass is 10.3. The smallest absolute Gasteiger partial charge is 0.396 e. The average molecular weight is 211 g/mol.